The number of methoxy groups -OCH3 is 1. The summed E-state index contributed by atoms with van der Waals surface area (Å²) in [5, 5.41) is 0. The maximum absolute atomic E-state index is 12.2. The molecule has 1 amide bonds. The summed E-state index contributed by atoms with van der Waals surface area (Å²) in [4.78, 5) is 27.7. The highest BCUT2D eigenvalue weighted by Gasteiger charge is 2.30. The summed E-state index contributed by atoms with van der Waals surface area (Å²) in [6, 6.07) is 0. The van der Waals surface area contributed by atoms with E-state index in [0.29, 0.717) is 13.1 Å². The smallest absolute Gasteiger partial charge is 0.310 e. The second-order valence-corrected chi connectivity index (χ2v) is 5.54. The first-order valence-corrected chi connectivity index (χ1v) is 7.28. The lowest BCUT2D eigenvalue weighted by Crippen LogP contribution is -2.40. The predicted octanol–water partition coefficient (Wildman–Crippen LogP) is 0.884. The second-order valence-electron chi connectivity index (χ2n) is 5.54. The Labute approximate surface area is 114 Å². The highest BCUT2D eigenvalue weighted by atomic mass is 16.5. The van der Waals surface area contributed by atoms with Crippen LogP contribution in [0.25, 0.3) is 0 Å². The van der Waals surface area contributed by atoms with Gasteiger partial charge in [0.15, 0.2) is 0 Å². The number of carbonyl (C=O) groups excluding carboxylic acids is 2. The summed E-state index contributed by atoms with van der Waals surface area (Å²) < 4.78 is 4.76. The van der Waals surface area contributed by atoms with E-state index in [1.54, 1.807) is 0 Å². The van der Waals surface area contributed by atoms with Crippen molar-refractivity contribution in [3.05, 3.63) is 0 Å². The maximum Gasteiger partial charge on any atom is 0.310 e. The van der Waals surface area contributed by atoms with Gasteiger partial charge in [-0.05, 0) is 25.8 Å². The number of likely N-dealkylation sites (tertiary alicyclic amines) is 2. The molecule has 0 radical (unpaired) electrons. The minimum atomic E-state index is -0.148. The van der Waals surface area contributed by atoms with Crippen molar-refractivity contribution >= 4 is 11.9 Å². The van der Waals surface area contributed by atoms with Crippen LogP contribution in [0.3, 0.4) is 0 Å². The lowest BCUT2D eigenvalue weighted by molar-refractivity contribution is -0.145. The second kappa shape index (κ2) is 6.89. The summed E-state index contributed by atoms with van der Waals surface area (Å²) >= 11 is 0. The minimum absolute atomic E-state index is 0.0538. The largest absolute Gasteiger partial charge is 0.469 e. The normalized spacial score (nSPS) is 25.1. The fraction of sp³-hybridized carbons (Fsp3) is 0.857. The Morgan fingerprint density at radius 3 is 2.42 bits per heavy atom. The lowest BCUT2D eigenvalue weighted by Gasteiger charge is -2.23. The molecule has 0 bridgehead atoms. The number of hydrogen-bond acceptors (Lipinski definition) is 4. The van der Waals surface area contributed by atoms with E-state index in [0.717, 1.165) is 38.9 Å². The van der Waals surface area contributed by atoms with Gasteiger partial charge in [-0.2, -0.15) is 0 Å². The standard InChI is InChI=1S/C14H24N2O3/c1-19-14(18)12-6-9-15(10-12)11-13(17)16-7-4-2-3-5-8-16/h12H,2-11H2,1H3. The molecule has 108 valence electrons. The summed E-state index contributed by atoms with van der Waals surface area (Å²) in [5.74, 6) is 0.0130. The van der Waals surface area contributed by atoms with Crippen LogP contribution in [0, 0.1) is 5.92 Å². The average Bonchev–Trinajstić information content (AvgIpc) is 2.71. The molecule has 2 aliphatic rings. The van der Waals surface area contributed by atoms with Crippen LogP contribution < -0.4 is 0 Å². The molecule has 5 heteroatoms. The van der Waals surface area contributed by atoms with E-state index in [1.165, 1.54) is 20.0 Å². The molecule has 1 atom stereocenters. The van der Waals surface area contributed by atoms with Gasteiger partial charge in [-0.25, -0.2) is 0 Å². The first kappa shape index (κ1) is 14.3. The predicted molar refractivity (Wildman–Crippen MR) is 71.6 cm³/mol. The van der Waals surface area contributed by atoms with Crippen LogP contribution in [0.4, 0.5) is 0 Å². The number of rotatable bonds is 3. The van der Waals surface area contributed by atoms with Gasteiger partial charge in [0, 0.05) is 19.6 Å². The molecule has 0 aromatic rings. The third-order valence-corrected chi connectivity index (χ3v) is 4.12. The first-order chi connectivity index (χ1) is 9.20. The monoisotopic (exact) mass is 268 g/mol. The van der Waals surface area contributed by atoms with Gasteiger partial charge in [0.05, 0.1) is 19.6 Å². The van der Waals surface area contributed by atoms with E-state index < -0.39 is 0 Å². The van der Waals surface area contributed by atoms with Gasteiger partial charge in [0.1, 0.15) is 0 Å². The Morgan fingerprint density at radius 2 is 1.79 bits per heavy atom. The first-order valence-electron chi connectivity index (χ1n) is 7.28. The van der Waals surface area contributed by atoms with Gasteiger partial charge >= 0.3 is 5.97 Å². The Balaban J connectivity index is 1.78. The molecule has 2 rings (SSSR count). The van der Waals surface area contributed by atoms with Crippen LogP contribution in [0.15, 0.2) is 0 Å². The molecular formula is C14H24N2O3. The van der Waals surface area contributed by atoms with Gasteiger partial charge < -0.3 is 9.64 Å². The van der Waals surface area contributed by atoms with E-state index in [9.17, 15) is 9.59 Å². The minimum Gasteiger partial charge on any atom is -0.469 e. The van der Waals surface area contributed by atoms with E-state index in [1.807, 2.05) is 4.90 Å². The van der Waals surface area contributed by atoms with Crippen molar-refractivity contribution in [2.24, 2.45) is 5.92 Å². The van der Waals surface area contributed by atoms with Crippen LogP contribution in [-0.2, 0) is 14.3 Å². The number of ether oxygens (including phenoxy) is 1. The van der Waals surface area contributed by atoms with Gasteiger partial charge in [-0.15, -0.1) is 0 Å². The van der Waals surface area contributed by atoms with E-state index in [-0.39, 0.29) is 17.8 Å². The van der Waals surface area contributed by atoms with E-state index >= 15 is 0 Å². The molecule has 2 fully saturated rings. The summed E-state index contributed by atoms with van der Waals surface area (Å²) in [7, 11) is 1.42. The number of carbonyl (C=O) groups is 2. The Kier molecular flexibility index (Phi) is 5.19. The van der Waals surface area contributed by atoms with Gasteiger partial charge in [0.2, 0.25) is 5.91 Å². The zero-order valence-electron chi connectivity index (χ0n) is 11.8. The average molecular weight is 268 g/mol. The molecule has 1 unspecified atom stereocenters. The molecule has 0 N–H and O–H groups in total. The summed E-state index contributed by atoms with van der Waals surface area (Å²) in [6.45, 7) is 3.72. The van der Waals surface area contributed by atoms with Gasteiger partial charge in [-0.1, -0.05) is 12.8 Å². The van der Waals surface area contributed by atoms with Crippen molar-refractivity contribution in [1.82, 2.24) is 9.80 Å². The summed E-state index contributed by atoms with van der Waals surface area (Å²) in [6.07, 6.45) is 5.52. The van der Waals surface area contributed by atoms with Crippen LogP contribution in [0.2, 0.25) is 0 Å². The van der Waals surface area contributed by atoms with Crippen molar-refractivity contribution in [2.75, 3.05) is 39.8 Å². The van der Waals surface area contributed by atoms with Crippen molar-refractivity contribution in [3.8, 4) is 0 Å². The summed E-state index contributed by atoms with van der Waals surface area (Å²) in [5.41, 5.74) is 0. The molecule has 2 saturated heterocycles. The van der Waals surface area contributed by atoms with E-state index in [2.05, 4.69) is 4.90 Å². The maximum atomic E-state index is 12.2. The van der Waals surface area contributed by atoms with Crippen LogP contribution in [0.5, 0.6) is 0 Å². The fourth-order valence-electron chi connectivity index (χ4n) is 2.95. The Bertz CT molecular complexity index is 325. The third kappa shape index (κ3) is 3.93. The van der Waals surface area contributed by atoms with Crippen LogP contribution >= 0.6 is 0 Å². The molecule has 19 heavy (non-hydrogen) atoms. The fourth-order valence-corrected chi connectivity index (χ4v) is 2.95. The molecule has 0 aromatic heterocycles. The molecule has 0 aromatic carbocycles. The Hall–Kier alpha value is -1.10. The van der Waals surface area contributed by atoms with Crippen molar-refractivity contribution in [1.29, 1.82) is 0 Å². The zero-order valence-corrected chi connectivity index (χ0v) is 11.8. The molecule has 5 nitrogen and oxygen atoms in total. The van der Waals surface area contributed by atoms with Crippen molar-refractivity contribution in [2.45, 2.75) is 32.1 Å². The zero-order chi connectivity index (χ0) is 13.7. The number of nitrogens with zero attached hydrogens (tertiary/aromatic N) is 2. The van der Waals surface area contributed by atoms with E-state index in [4.69, 9.17) is 4.74 Å². The molecule has 0 spiro atoms. The third-order valence-electron chi connectivity index (χ3n) is 4.12. The SMILES string of the molecule is COC(=O)C1CCN(CC(=O)N2CCCCCC2)C1. The van der Waals surface area contributed by atoms with Crippen LogP contribution in [0.1, 0.15) is 32.1 Å². The molecule has 2 heterocycles. The van der Waals surface area contributed by atoms with Gasteiger partial charge in [0.25, 0.3) is 0 Å². The number of hydrogen-bond donors (Lipinski definition) is 0. The molecule has 0 saturated carbocycles. The lowest BCUT2D eigenvalue weighted by atomic mass is 10.1. The van der Waals surface area contributed by atoms with Crippen molar-refractivity contribution < 1.29 is 14.3 Å². The van der Waals surface area contributed by atoms with Gasteiger partial charge in [-0.3, -0.25) is 14.5 Å². The number of esters is 1. The number of amides is 1. The molecule has 0 aliphatic carbocycles. The molecular weight excluding hydrogens is 244 g/mol. The Morgan fingerprint density at radius 1 is 1.11 bits per heavy atom. The quantitative estimate of drug-likeness (QED) is 0.713. The topological polar surface area (TPSA) is 49.9 Å². The highest BCUT2D eigenvalue weighted by Crippen LogP contribution is 2.18. The van der Waals surface area contributed by atoms with Crippen LogP contribution in [-0.4, -0.2) is 61.5 Å². The molecule has 2 aliphatic heterocycles. The van der Waals surface area contributed by atoms with Crippen molar-refractivity contribution in [3.63, 3.8) is 0 Å². The highest BCUT2D eigenvalue weighted by molar-refractivity contribution is 5.78.